The molecule has 13 heavy (non-hydrogen) atoms. The molecule has 0 unspecified atom stereocenters. The SMILES string of the molecule is N#CCS(=O)(=O)Nc1cccnc1. The van der Waals surface area contributed by atoms with Gasteiger partial charge in [-0.25, -0.2) is 8.42 Å². The van der Waals surface area contributed by atoms with Gasteiger partial charge >= 0.3 is 0 Å². The average Bonchev–Trinajstić information content (AvgIpc) is 2.04. The van der Waals surface area contributed by atoms with Gasteiger partial charge in [0.05, 0.1) is 18.0 Å². The molecule has 0 fully saturated rings. The molecule has 1 rings (SSSR count). The van der Waals surface area contributed by atoms with Gasteiger partial charge in [-0.15, -0.1) is 0 Å². The minimum absolute atomic E-state index is 0.359. The zero-order valence-electron chi connectivity index (χ0n) is 6.64. The van der Waals surface area contributed by atoms with Crippen molar-refractivity contribution in [2.75, 3.05) is 10.5 Å². The Hall–Kier alpha value is -1.61. The lowest BCUT2D eigenvalue weighted by molar-refractivity contribution is 0.604. The number of rotatable bonds is 3. The van der Waals surface area contributed by atoms with Crippen LogP contribution in [0, 0.1) is 11.3 Å². The Balaban J connectivity index is 2.77. The first-order valence-corrected chi connectivity index (χ1v) is 5.07. The molecule has 68 valence electrons. The Morgan fingerprint density at radius 1 is 1.62 bits per heavy atom. The molecule has 0 aliphatic carbocycles. The molecule has 1 aromatic rings. The highest BCUT2D eigenvalue weighted by atomic mass is 32.2. The number of anilines is 1. The number of nitrogens with one attached hydrogen (secondary N) is 1. The third-order valence-electron chi connectivity index (χ3n) is 1.19. The number of aromatic nitrogens is 1. The molecule has 0 bridgehead atoms. The fourth-order valence-corrected chi connectivity index (χ4v) is 1.45. The summed E-state index contributed by atoms with van der Waals surface area (Å²) in [7, 11) is -3.54. The molecular weight excluding hydrogens is 190 g/mol. The van der Waals surface area contributed by atoms with E-state index in [0.29, 0.717) is 5.69 Å². The fraction of sp³-hybridized carbons (Fsp3) is 0.143. The number of nitrogens with zero attached hydrogens (tertiary/aromatic N) is 2. The number of hydrogen-bond acceptors (Lipinski definition) is 4. The van der Waals surface area contributed by atoms with Crippen LogP contribution in [0.25, 0.3) is 0 Å². The van der Waals surface area contributed by atoms with Crippen LogP contribution >= 0.6 is 0 Å². The van der Waals surface area contributed by atoms with Crippen molar-refractivity contribution in [3.8, 4) is 6.07 Å². The number of nitriles is 1. The summed E-state index contributed by atoms with van der Waals surface area (Å²) in [4.78, 5) is 3.72. The molecule has 0 aromatic carbocycles. The second-order valence-electron chi connectivity index (χ2n) is 2.26. The van der Waals surface area contributed by atoms with Crippen molar-refractivity contribution in [2.45, 2.75) is 0 Å². The van der Waals surface area contributed by atoms with Gasteiger partial charge in [-0.05, 0) is 12.1 Å². The summed E-state index contributed by atoms with van der Waals surface area (Å²) < 4.78 is 24.3. The average molecular weight is 197 g/mol. The summed E-state index contributed by atoms with van der Waals surface area (Å²) in [5.74, 6) is -0.554. The Labute approximate surface area is 76.1 Å². The van der Waals surface area contributed by atoms with Crippen LogP contribution in [0.4, 0.5) is 5.69 Å². The molecule has 1 heterocycles. The van der Waals surface area contributed by atoms with E-state index in [1.807, 2.05) is 0 Å². The molecule has 0 amide bonds. The number of hydrogen-bond donors (Lipinski definition) is 1. The first kappa shape index (κ1) is 9.48. The van der Waals surface area contributed by atoms with E-state index >= 15 is 0 Å². The standard InChI is InChI=1S/C7H7N3O2S/c8-3-5-13(11,12)10-7-2-1-4-9-6-7/h1-2,4,6,10H,5H2. The topological polar surface area (TPSA) is 82.8 Å². The molecule has 0 aliphatic heterocycles. The highest BCUT2D eigenvalue weighted by Gasteiger charge is 2.08. The number of sulfonamides is 1. The van der Waals surface area contributed by atoms with Gasteiger partial charge in [0, 0.05) is 6.20 Å². The first-order chi connectivity index (χ1) is 6.14. The molecule has 0 spiro atoms. The van der Waals surface area contributed by atoms with Gasteiger partial charge < -0.3 is 0 Å². The van der Waals surface area contributed by atoms with Crippen LogP contribution in [0.5, 0.6) is 0 Å². The maximum atomic E-state index is 11.0. The summed E-state index contributed by atoms with van der Waals surface area (Å²) in [5.41, 5.74) is 0.359. The van der Waals surface area contributed by atoms with Gasteiger partial charge in [-0.2, -0.15) is 5.26 Å². The lowest BCUT2D eigenvalue weighted by Crippen LogP contribution is -2.15. The molecule has 5 nitrogen and oxygen atoms in total. The maximum absolute atomic E-state index is 11.0. The molecule has 6 heteroatoms. The van der Waals surface area contributed by atoms with Crippen molar-refractivity contribution in [2.24, 2.45) is 0 Å². The minimum Gasteiger partial charge on any atom is -0.281 e. The van der Waals surface area contributed by atoms with Crippen LogP contribution in [0.1, 0.15) is 0 Å². The zero-order valence-corrected chi connectivity index (χ0v) is 7.45. The van der Waals surface area contributed by atoms with E-state index in [4.69, 9.17) is 5.26 Å². The molecule has 1 N–H and O–H groups in total. The highest BCUT2D eigenvalue weighted by molar-refractivity contribution is 7.92. The normalized spacial score (nSPS) is 10.4. The quantitative estimate of drug-likeness (QED) is 0.757. The van der Waals surface area contributed by atoms with E-state index in [0.717, 1.165) is 0 Å². The van der Waals surface area contributed by atoms with Crippen molar-refractivity contribution in [3.63, 3.8) is 0 Å². The molecule has 1 aromatic heterocycles. The van der Waals surface area contributed by atoms with E-state index in [1.54, 1.807) is 18.2 Å². The molecular formula is C7H7N3O2S. The van der Waals surface area contributed by atoms with Crippen molar-refractivity contribution in [1.82, 2.24) is 4.98 Å². The minimum atomic E-state index is -3.54. The predicted molar refractivity (Wildman–Crippen MR) is 47.3 cm³/mol. The zero-order chi connectivity index (χ0) is 9.73. The Bertz CT molecular complexity index is 407. The van der Waals surface area contributed by atoms with Gasteiger partial charge in [0.15, 0.2) is 5.75 Å². The number of pyridine rings is 1. The first-order valence-electron chi connectivity index (χ1n) is 3.41. The summed E-state index contributed by atoms with van der Waals surface area (Å²) in [6.45, 7) is 0. The smallest absolute Gasteiger partial charge is 0.246 e. The van der Waals surface area contributed by atoms with Crippen LogP contribution < -0.4 is 4.72 Å². The lowest BCUT2D eigenvalue weighted by atomic mass is 10.4. The summed E-state index contributed by atoms with van der Waals surface area (Å²) in [6, 6.07) is 4.72. The van der Waals surface area contributed by atoms with E-state index in [9.17, 15) is 8.42 Å². The van der Waals surface area contributed by atoms with E-state index in [2.05, 4.69) is 9.71 Å². The van der Waals surface area contributed by atoms with Gasteiger partial charge in [-0.1, -0.05) is 0 Å². The van der Waals surface area contributed by atoms with Crippen LogP contribution in [0.15, 0.2) is 24.5 Å². The molecule has 0 radical (unpaired) electrons. The molecule has 0 aliphatic rings. The maximum Gasteiger partial charge on any atom is 0.246 e. The van der Waals surface area contributed by atoms with E-state index in [1.165, 1.54) is 12.4 Å². The Kier molecular flexibility index (Phi) is 2.82. The van der Waals surface area contributed by atoms with Crippen LogP contribution in [-0.2, 0) is 10.0 Å². The predicted octanol–water partition coefficient (Wildman–Crippen LogP) is 0.347. The van der Waals surface area contributed by atoms with Crippen LogP contribution in [0.2, 0.25) is 0 Å². The van der Waals surface area contributed by atoms with Gasteiger partial charge in [-0.3, -0.25) is 9.71 Å². The van der Waals surface area contributed by atoms with Crippen molar-refractivity contribution >= 4 is 15.7 Å². The van der Waals surface area contributed by atoms with Gasteiger partial charge in [0.1, 0.15) is 0 Å². The Morgan fingerprint density at radius 2 is 2.38 bits per heavy atom. The highest BCUT2D eigenvalue weighted by Crippen LogP contribution is 2.05. The second kappa shape index (κ2) is 3.87. The Morgan fingerprint density at radius 3 is 2.92 bits per heavy atom. The van der Waals surface area contributed by atoms with Crippen molar-refractivity contribution in [3.05, 3.63) is 24.5 Å². The molecule has 0 saturated carbocycles. The monoisotopic (exact) mass is 197 g/mol. The van der Waals surface area contributed by atoms with Gasteiger partial charge in [0.25, 0.3) is 0 Å². The lowest BCUT2D eigenvalue weighted by Gasteiger charge is -2.02. The molecule has 0 atom stereocenters. The van der Waals surface area contributed by atoms with E-state index in [-0.39, 0.29) is 0 Å². The van der Waals surface area contributed by atoms with Crippen molar-refractivity contribution < 1.29 is 8.42 Å². The largest absolute Gasteiger partial charge is 0.281 e. The van der Waals surface area contributed by atoms with E-state index < -0.39 is 15.8 Å². The molecule has 0 saturated heterocycles. The fourth-order valence-electron chi connectivity index (χ4n) is 0.724. The van der Waals surface area contributed by atoms with Crippen molar-refractivity contribution in [1.29, 1.82) is 5.26 Å². The second-order valence-corrected chi connectivity index (χ2v) is 3.98. The van der Waals surface area contributed by atoms with Gasteiger partial charge in [0.2, 0.25) is 10.0 Å². The third-order valence-corrected chi connectivity index (χ3v) is 2.25. The summed E-state index contributed by atoms with van der Waals surface area (Å²) >= 11 is 0. The van der Waals surface area contributed by atoms with Crippen LogP contribution in [0.3, 0.4) is 0 Å². The van der Waals surface area contributed by atoms with Crippen LogP contribution in [-0.4, -0.2) is 19.2 Å². The summed E-state index contributed by atoms with van der Waals surface area (Å²) in [6.07, 6.45) is 2.90. The summed E-state index contributed by atoms with van der Waals surface area (Å²) in [5, 5.41) is 8.20. The third kappa shape index (κ3) is 3.09.